The molecule has 22 heavy (non-hydrogen) atoms. The lowest BCUT2D eigenvalue weighted by atomic mass is 9.97. The molecule has 9 heteroatoms. The van der Waals surface area contributed by atoms with Crippen LogP contribution in [0.5, 0.6) is 0 Å². The van der Waals surface area contributed by atoms with Gasteiger partial charge in [-0.05, 0) is 18.4 Å². The maximum absolute atomic E-state index is 13.1. The number of Topliss-reactive ketones (excluding diaryl/α,β-unsaturated/α-hetero) is 1. The Hall–Kier alpha value is -1.93. The van der Waals surface area contributed by atoms with Gasteiger partial charge >= 0.3 is 12.1 Å². The number of amides is 1. The highest BCUT2D eigenvalue weighted by atomic mass is 19.4. The fourth-order valence-corrected chi connectivity index (χ4v) is 1.75. The Kier molecular flexibility index (Phi) is 5.68. The number of carbonyl (C=O) groups is 2. The van der Waals surface area contributed by atoms with Crippen LogP contribution in [-0.4, -0.2) is 37.6 Å². The van der Waals surface area contributed by atoms with Gasteiger partial charge in [-0.25, -0.2) is 0 Å². The molecule has 0 aliphatic carbocycles. The SMILES string of the molecule is [B]C(=O)N[C@@H](CCc1ccccc1)C(=O)C(F)(F)C(F)(F)F. The Morgan fingerprint density at radius 2 is 1.64 bits per heavy atom. The van der Waals surface area contributed by atoms with Gasteiger partial charge in [-0.15, -0.1) is 0 Å². The minimum absolute atomic E-state index is 0.0193. The largest absolute Gasteiger partial charge is 0.461 e. The van der Waals surface area contributed by atoms with Crippen LogP contribution in [0.15, 0.2) is 30.3 Å². The fourth-order valence-electron chi connectivity index (χ4n) is 1.75. The van der Waals surface area contributed by atoms with Crippen LogP contribution in [0.25, 0.3) is 0 Å². The van der Waals surface area contributed by atoms with Crippen molar-refractivity contribution in [2.24, 2.45) is 0 Å². The van der Waals surface area contributed by atoms with Crippen LogP contribution >= 0.6 is 0 Å². The zero-order valence-corrected chi connectivity index (χ0v) is 11.2. The number of nitrogens with one attached hydrogen (secondary N) is 1. The van der Waals surface area contributed by atoms with E-state index in [4.69, 9.17) is 7.85 Å². The van der Waals surface area contributed by atoms with Gasteiger partial charge in [-0.3, -0.25) is 9.59 Å². The number of hydrogen-bond donors (Lipinski definition) is 1. The molecule has 3 nitrogen and oxygen atoms in total. The van der Waals surface area contributed by atoms with Crippen molar-refractivity contribution in [1.29, 1.82) is 0 Å². The number of alkyl halides is 5. The smallest absolute Gasteiger partial charge is 0.356 e. The molecule has 0 fully saturated rings. The van der Waals surface area contributed by atoms with Crippen LogP contribution in [0.4, 0.5) is 26.7 Å². The monoisotopic (exact) mass is 319 g/mol. The van der Waals surface area contributed by atoms with E-state index in [2.05, 4.69) is 0 Å². The third kappa shape index (κ3) is 4.54. The first-order valence-electron chi connectivity index (χ1n) is 6.14. The maximum Gasteiger partial charge on any atom is 0.461 e. The maximum atomic E-state index is 13.1. The van der Waals surface area contributed by atoms with E-state index in [1.165, 1.54) is 0 Å². The lowest BCUT2D eigenvalue weighted by molar-refractivity contribution is -0.269. The Bertz CT molecular complexity index is 533. The van der Waals surface area contributed by atoms with Gasteiger partial charge in [0.25, 0.3) is 0 Å². The summed E-state index contributed by atoms with van der Waals surface area (Å²) in [7, 11) is 4.72. The summed E-state index contributed by atoms with van der Waals surface area (Å²) in [6.45, 7) is 0. The molecule has 1 N–H and O–H groups in total. The van der Waals surface area contributed by atoms with Crippen molar-refractivity contribution >= 4 is 19.4 Å². The summed E-state index contributed by atoms with van der Waals surface area (Å²) >= 11 is 0. The molecule has 0 bridgehead atoms. The zero-order valence-electron chi connectivity index (χ0n) is 11.2. The van der Waals surface area contributed by atoms with Crippen molar-refractivity contribution in [1.82, 2.24) is 5.32 Å². The average molecular weight is 319 g/mol. The van der Waals surface area contributed by atoms with Crippen LogP contribution in [-0.2, 0) is 11.2 Å². The summed E-state index contributed by atoms with van der Waals surface area (Å²) in [4.78, 5) is 22.2. The molecule has 0 aliphatic rings. The molecular weight excluding hydrogens is 308 g/mol. The number of rotatable bonds is 6. The first kappa shape index (κ1) is 18.1. The van der Waals surface area contributed by atoms with E-state index in [0.29, 0.717) is 5.56 Å². The van der Waals surface area contributed by atoms with Crippen LogP contribution in [0.1, 0.15) is 12.0 Å². The van der Waals surface area contributed by atoms with Gasteiger partial charge in [0.2, 0.25) is 13.6 Å². The quantitative estimate of drug-likeness (QED) is 0.647. The van der Waals surface area contributed by atoms with Crippen LogP contribution in [0, 0.1) is 0 Å². The minimum Gasteiger partial charge on any atom is -0.356 e. The predicted octanol–water partition coefficient (Wildman–Crippen LogP) is 2.63. The Labute approximate surface area is 124 Å². The molecule has 118 valence electrons. The topological polar surface area (TPSA) is 46.2 Å². The highest BCUT2D eigenvalue weighted by Gasteiger charge is 2.64. The van der Waals surface area contributed by atoms with E-state index in [-0.39, 0.29) is 6.42 Å². The van der Waals surface area contributed by atoms with Gasteiger partial charge < -0.3 is 5.32 Å². The number of hydrogen-bond acceptors (Lipinski definition) is 2. The molecule has 0 spiro atoms. The molecule has 0 saturated heterocycles. The third-order valence-electron chi connectivity index (χ3n) is 2.86. The van der Waals surface area contributed by atoms with Crippen molar-refractivity contribution in [2.75, 3.05) is 0 Å². The van der Waals surface area contributed by atoms with Crippen LogP contribution in [0.3, 0.4) is 0 Å². The summed E-state index contributed by atoms with van der Waals surface area (Å²) < 4.78 is 62.9. The number of ketones is 1. The van der Waals surface area contributed by atoms with Crippen molar-refractivity contribution in [3.8, 4) is 0 Å². The zero-order chi connectivity index (χ0) is 17.0. The number of carbonyl (C=O) groups excluding carboxylic acids is 2. The predicted molar refractivity (Wildman–Crippen MR) is 68.8 cm³/mol. The van der Waals surface area contributed by atoms with Gasteiger partial charge in [0, 0.05) is 0 Å². The molecule has 1 atom stereocenters. The number of aryl methyl sites for hydroxylation is 1. The Morgan fingerprint density at radius 3 is 2.09 bits per heavy atom. The average Bonchev–Trinajstić information content (AvgIpc) is 2.42. The summed E-state index contributed by atoms with van der Waals surface area (Å²) in [5, 5.41) is 1.64. The fraction of sp³-hybridized carbons (Fsp3) is 0.385. The minimum atomic E-state index is -6.03. The summed E-state index contributed by atoms with van der Waals surface area (Å²) in [5.74, 6) is -9.35. The van der Waals surface area contributed by atoms with Crippen molar-refractivity contribution in [3.63, 3.8) is 0 Å². The lowest BCUT2D eigenvalue weighted by Crippen LogP contribution is -2.54. The van der Waals surface area contributed by atoms with E-state index >= 15 is 0 Å². The molecule has 0 heterocycles. The molecule has 0 unspecified atom stereocenters. The van der Waals surface area contributed by atoms with E-state index in [0.717, 1.165) is 0 Å². The lowest BCUT2D eigenvalue weighted by Gasteiger charge is -2.24. The third-order valence-corrected chi connectivity index (χ3v) is 2.86. The second-order valence-electron chi connectivity index (χ2n) is 4.52. The van der Waals surface area contributed by atoms with E-state index in [1.807, 2.05) is 0 Å². The van der Waals surface area contributed by atoms with Gasteiger partial charge in [-0.1, -0.05) is 30.3 Å². The molecule has 1 aromatic rings. The van der Waals surface area contributed by atoms with Gasteiger partial charge in [-0.2, -0.15) is 22.0 Å². The molecule has 0 aromatic heterocycles. The summed E-state index contributed by atoms with van der Waals surface area (Å²) in [5.41, 5.74) is 0.613. The summed E-state index contributed by atoms with van der Waals surface area (Å²) in [6, 6.07) is 6.14. The molecular formula is C13H11BF5NO2. The number of benzene rings is 1. The van der Waals surface area contributed by atoms with E-state index in [1.54, 1.807) is 35.6 Å². The molecule has 0 aliphatic heterocycles. The van der Waals surface area contributed by atoms with Crippen molar-refractivity contribution in [2.45, 2.75) is 31.0 Å². The van der Waals surface area contributed by atoms with Gasteiger partial charge in [0.15, 0.2) is 5.81 Å². The van der Waals surface area contributed by atoms with Gasteiger partial charge in [0.1, 0.15) is 0 Å². The van der Waals surface area contributed by atoms with Crippen molar-refractivity contribution in [3.05, 3.63) is 35.9 Å². The van der Waals surface area contributed by atoms with Gasteiger partial charge in [0.05, 0.1) is 6.04 Å². The Morgan fingerprint density at radius 1 is 1.09 bits per heavy atom. The molecule has 1 rings (SSSR count). The van der Waals surface area contributed by atoms with E-state index in [9.17, 15) is 31.5 Å². The normalized spacial score (nSPS) is 13.5. The summed E-state index contributed by atoms with van der Waals surface area (Å²) in [6.07, 6.45) is -6.45. The van der Waals surface area contributed by atoms with Crippen LogP contribution < -0.4 is 5.32 Å². The first-order chi connectivity index (χ1) is 10.1. The van der Waals surface area contributed by atoms with E-state index < -0.39 is 36.2 Å². The standard InChI is InChI=1S/C13H11BF5NO2/c14-11(22)20-9(7-6-8-4-2-1-3-5-8)10(21)12(15,16)13(17,18)19/h1-5,9H,6-7H2,(H,20,22)/t9-/m0/s1. The highest BCUT2D eigenvalue weighted by molar-refractivity contribution is 6.57. The Balaban J connectivity index is 2.88. The molecule has 0 saturated carbocycles. The van der Waals surface area contributed by atoms with Crippen LogP contribution in [0.2, 0.25) is 0 Å². The molecule has 2 radical (unpaired) electrons. The second-order valence-corrected chi connectivity index (χ2v) is 4.52. The van der Waals surface area contributed by atoms with Crippen molar-refractivity contribution < 1.29 is 31.5 Å². The first-order valence-corrected chi connectivity index (χ1v) is 6.14. The molecule has 1 amide bonds. The molecule has 1 aromatic carbocycles. The number of halogens is 5. The second kappa shape index (κ2) is 6.89. The highest BCUT2D eigenvalue weighted by Crippen LogP contribution is 2.37.